The van der Waals surface area contributed by atoms with Crippen molar-refractivity contribution in [2.24, 2.45) is 0 Å². The molecule has 2 aromatic rings. The Hall–Kier alpha value is -2.89. The van der Waals surface area contributed by atoms with Crippen molar-refractivity contribution < 1.29 is 23.5 Å². The molecule has 25 heavy (non-hydrogen) atoms. The summed E-state index contributed by atoms with van der Waals surface area (Å²) in [6, 6.07) is 7.61. The molecule has 6 heteroatoms. The molecule has 1 N–H and O–H groups in total. The van der Waals surface area contributed by atoms with Crippen LogP contribution in [-0.4, -0.2) is 25.6 Å². The number of rotatable bonds is 5. The van der Waals surface area contributed by atoms with Crippen LogP contribution in [0.1, 0.15) is 27.0 Å². The van der Waals surface area contributed by atoms with Crippen molar-refractivity contribution in [2.75, 3.05) is 19.0 Å². The molecule has 0 aliphatic rings. The molecule has 0 radical (unpaired) electrons. The van der Waals surface area contributed by atoms with E-state index in [1.165, 1.54) is 19.2 Å². The lowest BCUT2D eigenvalue weighted by molar-refractivity contribution is -0.119. The van der Waals surface area contributed by atoms with Crippen LogP contribution in [-0.2, 0) is 9.53 Å². The highest BCUT2D eigenvalue weighted by Crippen LogP contribution is 2.22. The molecular weight excluding hydrogens is 325 g/mol. The number of carbonyl (C=O) groups is 2. The van der Waals surface area contributed by atoms with Gasteiger partial charge in [0.2, 0.25) is 0 Å². The van der Waals surface area contributed by atoms with E-state index in [2.05, 4.69) is 5.32 Å². The van der Waals surface area contributed by atoms with Crippen LogP contribution in [0.5, 0.6) is 5.75 Å². The fourth-order valence-corrected chi connectivity index (χ4v) is 2.56. The molecule has 5 nitrogen and oxygen atoms in total. The van der Waals surface area contributed by atoms with E-state index in [0.717, 1.165) is 22.8 Å². The van der Waals surface area contributed by atoms with Gasteiger partial charge in [0.05, 0.1) is 12.7 Å². The highest BCUT2D eigenvalue weighted by molar-refractivity contribution is 5.96. The Morgan fingerprint density at radius 1 is 1.08 bits per heavy atom. The summed E-state index contributed by atoms with van der Waals surface area (Å²) < 4.78 is 23.3. The molecule has 0 atom stereocenters. The molecule has 0 aliphatic carbocycles. The van der Waals surface area contributed by atoms with Crippen LogP contribution in [0, 0.1) is 26.6 Å². The first-order valence-corrected chi connectivity index (χ1v) is 7.70. The Morgan fingerprint density at radius 2 is 1.72 bits per heavy atom. The molecule has 0 saturated carbocycles. The lowest BCUT2D eigenvalue weighted by atomic mass is 10.1. The van der Waals surface area contributed by atoms with Gasteiger partial charge >= 0.3 is 5.97 Å². The fourth-order valence-electron chi connectivity index (χ4n) is 2.56. The summed E-state index contributed by atoms with van der Waals surface area (Å²) in [5, 5.41) is 2.73. The minimum absolute atomic E-state index is 0.00815. The Bertz CT molecular complexity index is 794. The van der Waals surface area contributed by atoms with Gasteiger partial charge in [-0.15, -0.1) is 0 Å². The van der Waals surface area contributed by atoms with Crippen LogP contribution < -0.4 is 10.1 Å². The van der Waals surface area contributed by atoms with E-state index in [1.807, 2.05) is 32.9 Å². The van der Waals surface area contributed by atoms with E-state index >= 15 is 0 Å². The SMILES string of the molecule is COc1ccc(C(=O)OCC(=O)Nc2c(C)cc(C)cc2C)cc1F. The first-order chi connectivity index (χ1) is 11.8. The number of halogens is 1. The van der Waals surface area contributed by atoms with Crippen molar-refractivity contribution in [1.29, 1.82) is 0 Å². The van der Waals surface area contributed by atoms with Gasteiger partial charge in [-0.1, -0.05) is 17.7 Å². The predicted octanol–water partition coefficient (Wildman–Crippen LogP) is 3.56. The van der Waals surface area contributed by atoms with Crippen LogP contribution in [0.25, 0.3) is 0 Å². The number of benzene rings is 2. The minimum Gasteiger partial charge on any atom is -0.494 e. The summed E-state index contributed by atoms with van der Waals surface area (Å²) in [6.07, 6.45) is 0. The molecule has 0 bridgehead atoms. The maximum absolute atomic E-state index is 13.6. The van der Waals surface area contributed by atoms with Crippen LogP contribution in [0.15, 0.2) is 30.3 Å². The van der Waals surface area contributed by atoms with Gasteiger partial charge < -0.3 is 14.8 Å². The third-order valence-electron chi connectivity index (χ3n) is 3.66. The third kappa shape index (κ3) is 4.56. The molecule has 0 saturated heterocycles. The number of nitrogens with one attached hydrogen (secondary N) is 1. The van der Waals surface area contributed by atoms with E-state index in [4.69, 9.17) is 9.47 Å². The van der Waals surface area contributed by atoms with E-state index in [9.17, 15) is 14.0 Å². The average Bonchev–Trinajstić information content (AvgIpc) is 2.55. The highest BCUT2D eigenvalue weighted by atomic mass is 19.1. The Morgan fingerprint density at radius 3 is 2.28 bits per heavy atom. The van der Waals surface area contributed by atoms with Crippen LogP contribution in [0.4, 0.5) is 10.1 Å². The average molecular weight is 345 g/mol. The third-order valence-corrected chi connectivity index (χ3v) is 3.66. The molecule has 0 fully saturated rings. The number of hydrogen-bond acceptors (Lipinski definition) is 4. The Balaban J connectivity index is 1.98. The van der Waals surface area contributed by atoms with Gasteiger partial charge in [-0.2, -0.15) is 0 Å². The molecule has 1 amide bonds. The van der Waals surface area contributed by atoms with Gasteiger partial charge in [0, 0.05) is 5.69 Å². The Kier molecular flexibility index (Phi) is 5.75. The summed E-state index contributed by atoms with van der Waals surface area (Å²) >= 11 is 0. The number of carbonyl (C=O) groups excluding carboxylic acids is 2. The fraction of sp³-hybridized carbons (Fsp3) is 0.263. The second-order valence-electron chi connectivity index (χ2n) is 5.75. The molecule has 0 spiro atoms. The number of methoxy groups -OCH3 is 1. The highest BCUT2D eigenvalue weighted by Gasteiger charge is 2.14. The van der Waals surface area contributed by atoms with Crippen molar-refractivity contribution in [3.63, 3.8) is 0 Å². The zero-order chi connectivity index (χ0) is 18.6. The summed E-state index contributed by atoms with van der Waals surface area (Å²) in [7, 11) is 1.33. The second-order valence-corrected chi connectivity index (χ2v) is 5.75. The zero-order valence-electron chi connectivity index (χ0n) is 14.6. The van der Waals surface area contributed by atoms with Crippen molar-refractivity contribution in [1.82, 2.24) is 0 Å². The van der Waals surface area contributed by atoms with Gasteiger partial charge in [-0.05, 0) is 50.1 Å². The quantitative estimate of drug-likeness (QED) is 0.842. The lowest BCUT2D eigenvalue weighted by Crippen LogP contribution is -2.22. The molecule has 2 aromatic carbocycles. The summed E-state index contributed by atoms with van der Waals surface area (Å²) in [5.74, 6) is -1.89. The van der Waals surface area contributed by atoms with Gasteiger partial charge in [0.15, 0.2) is 18.2 Å². The summed E-state index contributed by atoms with van der Waals surface area (Å²) in [5.41, 5.74) is 3.65. The topological polar surface area (TPSA) is 64.6 Å². The number of anilines is 1. The molecule has 0 aliphatic heterocycles. The minimum atomic E-state index is -0.783. The first-order valence-electron chi connectivity index (χ1n) is 7.70. The zero-order valence-corrected chi connectivity index (χ0v) is 14.6. The monoisotopic (exact) mass is 345 g/mol. The maximum Gasteiger partial charge on any atom is 0.338 e. The van der Waals surface area contributed by atoms with Gasteiger partial charge in [-0.25, -0.2) is 9.18 Å². The molecule has 132 valence electrons. The van der Waals surface area contributed by atoms with Crippen molar-refractivity contribution in [3.8, 4) is 5.75 Å². The van der Waals surface area contributed by atoms with Gasteiger partial charge in [0.25, 0.3) is 5.91 Å². The predicted molar refractivity (Wildman–Crippen MR) is 92.5 cm³/mol. The van der Waals surface area contributed by atoms with E-state index in [0.29, 0.717) is 5.69 Å². The summed E-state index contributed by atoms with van der Waals surface area (Å²) in [4.78, 5) is 23.9. The molecule has 2 rings (SSSR count). The maximum atomic E-state index is 13.6. The number of esters is 1. The second kappa shape index (κ2) is 7.79. The molecule has 0 heterocycles. The van der Waals surface area contributed by atoms with Gasteiger partial charge in [0.1, 0.15) is 0 Å². The van der Waals surface area contributed by atoms with Crippen LogP contribution >= 0.6 is 0 Å². The Labute approximate surface area is 145 Å². The van der Waals surface area contributed by atoms with E-state index in [1.54, 1.807) is 0 Å². The largest absolute Gasteiger partial charge is 0.494 e. The van der Waals surface area contributed by atoms with Crippen molar-refractivity contribution in [3.05, 3.63) is 58.4 Å². The normalized spacial score (nSPS) is 10.3. The number of aryl methyl sites for hydroxylation is 3. The molecule has 0 aromatic heterocycles. The smallest absolute Gasteiger partial charge is 0.338 e. The first kappa shape index (κ1) is 18.4. The van der Waals surface area contributed by atoms with E-state index < -0.39 is 24.3 Å². The van der Waals surface area contributed by atoms with Gasteiger partial charge in [-0.3, -0.25) is 4.79 Å². The number of ether oxygens (including phenoxy) is 2. The van der Waals surface area contributed by atoms with E-state index in [-0.39, 0.29) is 11.3 Å². The van der Waals surface area contributed by atoms with Crippen molar-refractivity contribution in [2.45, 2.75) is 20.8 Å². The van der Waals surface area contributed by atoms with Crippen LogP contribution in [0.3, 0.4) is 0 Å². The van der Waals surface area contributed by atoms with Crippen LogP contribution in [0.2, 0.25) is 0 Å². The lowest BCUT2D eigenvalue weighted by Gasteiger charge is -2.13. The number of hydrogen-bond donors (Lipinski definition) is 1. The number of amides is 1. The standard InChI is InChI=1S/C19H20FNO4/c1-11-7-12(2)18(13(3)8-11)21-17(22)10-25-19(23)14-5-6-16(24-4)15(20)9-14/h5-9H,10H2,1-4H3,(H,21,22). The molecule has 0 unspecified atom stereocenters. The molecular formula is C19H20FNO4. The van der Waals surface area contributed by atoms with Crippen molar-refractivity contribution >= 4 is 17.6 Å². The summed E-state index contributed by atoms with van der Waals surface area (Å²) in [6.45, 7) is 5.30.